The second-order valence-corrected chi connectivity index (χ2v) is 6.38. The fourth-order valence-corrected chi connectivity index (χ4v) is 3.57. The molecule has 3 fully saturated rings. The van der Waals surface area contributed by atoms with Crippen LogP contribution in [0.25, 0.3) is 0 Å². The third-order valence-electron chi connectivity index (χ3n) is 4.76. The van der Waals surface area contributed by atoms with Gasteiger partial charge in [0, 0.05) is 25.2 Å². The van der Waals surface area contributed by atoms with Gasteiger partial charge < -0.3 is 0 Å². The number of rotatable bonds is 4. The molecule has 1 saturated carbocycles. The van der Waals surface area contributed by atoms with Gasteiger partial charge in [0.1, 0.15) is 5.82 Å². The fraction of sp³-hybridized carbons (Fsp3) is 0.500. The number of carbonyl (C=O) groups excluding carboxylic acids is 1. The molecule has 112 valence electrons. The molecule has 2 nitrogen and oxygen atoms in total. The number of halogens is 1. The Morgan fingerprint density at radius 1 is 1.10 bits per heavy atom. The third-order valence-corrected chi connectivity index (χ3v) is 4.76. The molecule has 1 aromatic carbocycles. The van der Waals surface area contributed by atoms with Gasteiger partial charge in [-0.15, -0.1) is 0 Å². The van der Waals surface area contributed by atoms with Crippen molar-refractivity contribution in [2.24, 2.45) is 11.8 Å². The normalized spacial score (nSPS) is 26.1. The number of ketones is 1. The zero-order chi connectivity index (χ0) is 14.7. The first-order valence-corrected chi connectivity index (χ1v) is 7.89. The van der Waals surface area contributed by atoms with Gasteiger partial charge in [-0.3, -0.25) is 9.69 Å². The summed E-state index contributed by atoms with van der Waals surface area (Å²) < 4.78 is 12.8. The van der Waals surface area contributed by atoms with Crippen molar-refractivity contribution in [3.63, 3.8) is 0 Å². The first-order chi connectivity index (χ1) is 10.2. The van der Waals surface area contributed by atoms with Crippen LogP contribution in [-0.2, 0) is 0 Å². The van der Waals surface area contributed by atoms with Gasteiger partial charge in [0.15, 0.2) is 5.78 Å². The molecule has 1 aliphatic carbocycles. The number of benzene rings is 1. The van der Waals surface area contributed by atoms with Crippen molar-refractivity contribution in [1.82, 2.24) is 4.90 Å². The molecule has 2 saturated heterocycles. The van der Waals surface area contributed by atoms with Crippen LogP contribution in [0.15, 0.2) is 36.4 Å². The van der Waals surface area contributed by atoms with Gasteiger partial charge in [0.25, 0.3) is 0 Å². The van der Waals surface area contributed by atoms with E-state index in [9.17, 15) is 9.18 Å². The van der Waals surface area contributed by atoms with Gasteiger partial charge in [-0.1, -0.05) is 6.08 Å². The molecule has 0 radical (unpaired) electrons. The van der Waals surface area contributed by atoms with E-state index in [2.05, 4.69) is 4.90 Å². The zero-order valence-corrected chi connectivity index (χ0v) is 12.3. The van der Waals surface area contributed by atoms with Gasteiger partial charge in [-0.25, -0.2) is 4.39 Å². The summed E-state index contributed by atoms with van der Waals surface area (Å²) in [5.74, 6) is 1.35. The molecule has 3 aliphatic rings. The SMILES string of the molecule is O=C(C=CCN1CC2CCC(CC2)C1)c1ccc(F)cc1. The van der Waals surface area contributed by atoms with Crippen molar-refractivity contribution < 1.29 is 9.18 Å². The third kappa shape index (κ3) is 3.79. The van der Waals surface area contributed by atoms with Crippen molar-refractivity contribution in [2.45, 2.75) is 25.7 Å². The van der Waals surface area contributed by atoms with E-state index in [1.807, 2.05) is 6.08 Å². The Balaban J connectivity index is 1.54. The van der Waals surface area contributed by atoms with Gasteiger partial charge in [0.05, 0.1) is 0 Å². The Hall–Kier alpha value is -1.48. The molecule has 0 unspecified atom stereocenters. The molecule has 3 heteroatoms. The van der Waals surface area contributed by atoms with E-state index < -0.39 is 0 Å². The van der Waals surface area contributed by atoms with Gasteiger partial charge in [0.2, 0.25) is 0 Å². The van der Waals surface area contributed by atoms with Gasteiger partial charge in [-0.2, -0.15) is 0 Å². The van der Waals surface area contributed by atoms with Gasteiger partial charge in [-0.05, 0) is 67.9 Å². The summed E-state index contributed by atoms with van der Waals surface area (Å²) >= 11 is 0. The Morgan fingerprint density at radius 3 is 2.24 bits per heavy atom. The lowest BCUT2D eigenvalue weighted by molar-refractivity contribution is 0.104. The summed E-state index contributed by atoms with van der Waals surface area (Å²) in [4.78, 5) is 14.5. The highest BCUT2D eigenvalue weighted by atomic mass is 19.1. The molecule has 1 aromatic rings. The van der Waals surface area contributed by atoms with Crippen molar-refractivity contribution in [3.05, 3.63) is 47.8 Å². The van der Waals surface area contributed by atoms with Crippen LogP contribution < -0.4 is 0 Å². The first kappa shape index (κ1) is 14.5. The van der Waals surface area contributed by atoms with Crippen LogP contribution >= 0.6 is 0 Å². The quantitative estimate of drug-likeness (QED) is 0.622. The predicted octanol–water partition coefficient (Wildman–Crippen LogP) is 3.69. The van der Waals surface area contributed by atoms with Crippen molar-refractivity contribution in [1.29, 1.82) is 0 Å². The topological polar surface area (TPSA) is 20.3 Å². The Kier molecular flexibility index (Phi) is 4.49. The number of hydrogen-bond donors (Lipinski definition) is 0. The van der Waals surface area contributed by atoms with Crippen molar-refractivity contribution in [2.75, 3.05) is 19.6 Å². The minimum absolute atomic E-state index is 0.0483. The standard InChI is InChI=1S/C18H22FNO/c19-17-9-7-16(8-10-17)18(21)2-1-11-20-12-14-3-4-15(13-20)6-5-14/h1-2,7-10,14-15H,3-6,11-13H2. The van der Waals surface area contributed by atoms with Crippen LogP contribution in [0.1, 0.15) is 36.0 Å². The monoisotopic (exact) mass is 287 g/mol. The lowest BCUT2D eigenvalue weighted by Crippen LogP contribution is -2.28. The molecular formula is C18H22FNO. The van der Waals surface area contributed by atoms with E-state index in [1.54, 1.807) is 6.08 Å². The molecule has 0 spiro atoms. The minimum Gasteiger partial charge on any atom is -0.299 e. The largest absolute Gasteiger partial charge is 0.299 e. The molecular weight excluding hydrogens is 265 g/mol. The molecule has 21 heavy (non-hydrogen) atoms. The van der Waals surface area contributed by atoms with Crippen LogP contribution in [0.5, 0.6) is 0 Å². The molecule has 2 bridgehead atoms. The predicted molar refractivity (Wildman–Crippen MR) is 81.8 cm³/mol. The van der Waals surface area contributed by atoms with Crippen LogP contribution in [0.2, 0.25) is 0 Å². The Morgan fingerprint density at radius 2 is 1.67 bits per heavy atom. The average Bonchev–Trinajstić information content (AvgIpc) is 2.80. The zero-order valence-electron chi connectivity index (χ0n) is 12.3. The molecule has 0 N–H and O–H groups in total. The number of allylic oxidation sites excluding steroid dienone is 1. The Bertz CT molecular complexity index is 501. The minimum atomic E-state index is -0.310. The van der Waals surface area contributed by atoms with E-state index in [0.29, 0.717) is 5.56 Å². The second kappa shape index (κ2) is 6.52. The maximum Gasteiger partial charge on any atom is 0.185 e. The fourth-order valence-electron chi connectivity index (χ4n) is 3.57. The molecule has 2 heterocycles. The van der Waals surface area contributed by atoms with E-state index >= 15 is 0 Å². The maximum absolute atomic E-state index is 12.8. The number of fused-ring (bicyclic) bond motifs is 4. The van der Waals surface area contributed by atoms with Gasteiger partial charge >= 0.3 is 0 Å². The first-order valence-electron chi connectivity index (χ1n) is 7.89. The number of carbonyl (C=O) groups is 1. The molecule has 0 amide bonds. The lowest BCUT2D eigenvalue weighted by atomic mass is 9.84. The highest BCUT2D eigenvalue weighted by Gasteiger charge is 2.28. The molecule has 0 aromatic heterocycles. The van der Waals surface area contributed by atoms with Crippen LogP contribution in [0.4, 0.5) is 4.39 Å². The summed E-state index contributed by atoms with van der Waals surface area (Å²) in [6.07, 6.45) is 9.08. The summed E-state index contributed by atoms with van der Waals surface area (Å²) in [5, 5.41) is 0. The number of nitrogens with zero attached hydrogens (tertiary/aromatic N) is 1. The van der Waals surface area contributed by atoms with Crippen LogP contribution in [0, 0.1) is 17.7 Å². The van der Waals surface area contributed by atoms with Crippen molar-refractivity contribution in [3.8, 4) is 0 Å². The average molecular weight is 287 g/mol. The molecule has 2 aliphatic heterocycles. The second-order valence-electron chi connectivity index (χ2n) is 6.38. The highest BCUT2D eigenvalue weighted by molar-refractivity contribution is 6.04. The van der Waals surface area contributed by atoms with Crippen LogP contribution in [-0.4, -0.2) is 30.3 Å². The number of hydrogen-bond acceptors (Lipinski definition) is 2. The summed E-state index contributed by atoms with van der Waals surface area (Å²) in [5.41, 5.74) is 0.545. The Labute approximate surface area is 125 Å². The summed E-state index contributed by atoms with van der Waals surface area (Å²) in [6, 6.07) is 5.73. The molecule has 4 rings (SSSR count). The lowest BCUT2D eigenvalue weighted by Gasteiger charge is -2.21. The maximum atomic E-state index is 12.8. The summed E-state index contributed by atoms with van der Waals surface area (Å²) in [7, 11) is 0. The van der Waals surface area contributed by atoms with Crippen LogP contribution in [0.3, 0.4) is 0 Å². The smallest absolute Gasteiger partial charge is 0.185 e. The van der Waals surface area contributed by atoms with Crippen molar-refractivity contribution >= 4 is 5.78 Å². The molecule has 0 atom stereocenters. The van der Waals surface area contributed by atoms with E-state index in [4.69, 9.17) is 0 Å². The van der Waals surface area contributed by atoms with E-state index in [0.717, 1.165) is 18.4 Å². The highest BCUT2D eigenvalue weighted by Crippen LogP contribution is 2.33. The van der Waals surface area contributed by atoms with E-state index in [-0.39, 0.29) is 11.6 Å². The van der Waals surface area contributed by atoms with E-state index in [1.165, 1.54) is 63.0 Å². The summed E-state index contributed by atoms with van der Waals surface area (Å²) in [6.45, 7) is 3.19.